The summed E-state index contributed by atoms with van der Waals surface area (Å²) in [6.07, 6.45) is 2.02. The number of allylic oxidation sites excluding steroid dienone is 1. The normalized spacial score (nSPS) is 14.9. The first-order valence-electron chi connectivity index (χ1n) is 4.48. The molecule has 0 saturated carbocycles. The molecule has 1 rings (SSSR count). The summed E-state index contributed by atoms with van der Waals surface area (Å²) in [5.74, 6) is 0. The van der Waals surface area contributed by atoms with Gasteiger partial charge in [-0.3, -0.25) is 0 Å². The summed E-state index contributed by atoms with van der Waals surface area (Å²) in [5.41, 5.74) is 1.43. The number of halogens is 1. The Morgan fingerprint density at radius 3 is 2.54 bits per heavy atom. The highest BCUT2D eigenvalue weighted by Crippen LogP contribution is 2.22. The van der Waals surface area contributed by atoms with Crippen LogP contribution < -0.4 is 0 Å². The molecule has 0 amide bonds. The third-order valence-corrected chi connectivity index (χ3v) is 6.08. The van der Waals surface area contributed by atoms with Gasteiger partial charge in [0, 0.05) is 0 Å². The summed E-state index contributed by atoms with van der Waals surface area (Å²) in [7, 11) is 0. The van der Waals surface area contributed by atoms with E-state index in [0.717, 1.165) is 6.04 Å². The molecule has 0 aliphatic carbocycles. The lowest BCUT2D eigenvalue weighted by atomic mass is 10.2. The van der Waals surface area contributed by atoms with Crippen LogP contribution >= 0.6 is 15.3 Å². The molecular weight excluding hydrogens is 240 g/mol. The molecule has 0 saturated heterocycles. The summed E-state index contributed by atoms with van der Waals surface area (Å²) in [6.45, 7) is 4.88. The van der Waals surface area contributed by atoms with Gasteiger partial charge in [-0.05, 0) is 17.7 Å². The predicted molar refractivity (Wildman–Crippen MR) is 65.7 cm³/mol. The first kappa shape index (κ1) is 10.7. The van der Waals surface area contributed by atoms with Gasteiger partial charge in [-0.1, -0.05) is 43.0 Å². The van der Waals surface area contributed by atoms with Gasteiger partial charge in [-0.25, -0.2) is 0 Å². The lowest BCUT2D eigenvalue weighted by molar-refractivity contribution is 1.32. The van der Waals surface area contributed by atoms with Crippen molar-refractivity contribution in [2.45, 2.75) is 18.6 Å². The SMILES string of the molecule is C=CC[Si](C)(Br)Cc1ccccc1. The Labute approximate surface area is 89.3 Å². The fourth-order valence-electron chi connectivity index (χ4n) is 1.39. The van der Waals surface area contributed by atoms with Crippen LogP contribution in [0.15, 0.2) is 43.0 Å². The molecule has 0 N–H and O–H groups in total. The standard InChI is InChI=1S/C11H15BrSi/c1-3-9-13(2,12)10-11-7-5-4-6-8-11/h3-8H,1,9-10H2,2H3. The van der Waals surface area contributed by atoms with Gasteiger partial charge in [-0.2, -0.15) is 0 Å². The van der Waals surface area contributed by atoms with Crippen molar-refractivity contribution >= 4 is 22.0 Å². The van der Waals surface area contributed by atoms with E-state index in [1.165, 1.54) is 11.6 Å². The smallest absolute Gasteiger partial charge is 0.126 e. The number of benzene rings is 1. The molecule has 0 spiro atoms. The fourth-order valence-corrected chi connectivity index (χ4v) is 4.89. The van der Waals surface area contributed by atoms with Crippen molar-refractivity contribution in [3.63, 3.8) is 0 Å². The molecule has 1 aromatic rings. The highest BCUT2D eigenvalue weighted by molar-refractivity contribution is 9.26. The van der Waals surface area contributed by atoms with E-state index in [1.807, 2.05) is 6.08 Å². The van der Waals surface area contributed by atoms with Crippen LogP contribution in [0.5, 0.6) is 0 Å². The van der Waals surface area contributed by atoms with Crippen LogP contribution in [0.2, 0.25) is 12.6 Å². The summed E-state index contributed by atoms with van der Waals surface area (Å²) < 4.78 is 0. The average Bonchev–Trinajstić information content (AvgIpc) is 2.04. The van der Waals surface area contributed by atoms with Gasteiger partial charge in [0.1, 0.15) is 6.69 Å². The van der Waals surface area contributed by atoms with Crippen LogP contribution in [0.3, 0.4) is 0 Å². The van der Waals surface area contributed by atoms with Crippen molar-refractivity contribution in [1.82, 2.24) is 0 Å². The zero-order chi connectivity index (χ0) is 9.73. The molecule has 0 heterocycles. The van der Waals surface area contributed by atoms with Gasteiger partial charge in [0.2, 0.25) is 0 Å². The van der Waals surface area contributed by atoms with E-state index in [-0.39, 0.29) is 0 Å². The molecule has 1 unspecified atom stereocenters. The second-order valence-electron chi connectivity index (χ2n) is 3.57. The molecule has 0 aliphatic heterocycles. The summed E-state index contributed by atoms with van der Waals surface area (Å²) >= 11 is 3.85. The van der Waals surface area contributed by atoms with Crippen LogP contribution in [-0.4, -0.2) is 6.69 Å². The molecule has 0 radical (unpaired) electrons. The summed E-state index contributed by atoms with van der Waals surface area (Å²) in [5, 5.41) is 0. The van der Waals surface area contributed by atoms with E-state index in [9.17, 15) is 0 Å². The monoisotopic (exact) mass is 254 g/mol. The van der Waals surface area contributed by atoms with E-state index in [2.05, 4.69) is 58.8 Å². The Kier molecular flexibility index (Phi) is 3.94. The number of rotatable bonds is 4. The number of hydrogen-bond donors (Lipinski definition) is 0. The van der Waals surface area contributed by atoms with Gasteiger partial charge in [0.25, 0.3) is 0 Å². The molecule has 70 valence electrons. The van der Waals surface area contributed by atoms with Gasteiger partial charge >= 0.3 is 0 Å². The Hall–Kier alpha value is -0.343. The average molecular weight is 255 g/mol. The maximum atomic E-state index is 3.85. The minimum Gasteiger partial charge on any atom is -0.126 e. The summed E-state index contributed by atoms with van der Waals surface area (Å²) in [4.78, 5) is 0. The largest absolute Gasteiger partial charge is 0.135 e. The van der Waals surface area contributed by atoms with Crippen molar-refractivity contribution in [2.75, 3.05) is 0 Å². The molecule has 13 heavy (non-hydrogen) atoms. The van der Waals surface area contributed by atoms with Crippen LogP contribution in [0, 0.1) is 0 Å². The Bertz CT molecular complexity index is 267. The molecule has 2 heteroatoms. The third kappa shape index (κ3) is 3.92. The zero-order valence-electron chi connectivity index (χ0n) is 7.96. The Morgan fingerprint density at radius 2 is 2.00 bits per heavy atom. The molecule has 0 bridgehead atoms. The van der Waals surface area contributed by atoms with Gasteiger partial charge in [0.15, 0.2) is 0 Å². The van der Waals surface area contributed by atoms with Crippen LogP contribution in [0.1, 0.15) is 5.56 Å². The Morgan fingerprint density at radius 1 is 1.38 bits per heavy atom. The van der Waals surface area contributed by atoms with Crippen molar-refractivity contribution in [2.24, 2.45) is 0 Å². The third-order valence-electron chi connectivity index (χ3n) is 1.99. The molecule has 1 atom stereocenters. The van der Waals surface area contributed by atoms with E-state index in [0.29, 0.717) is 0 Å². The predicted octanol–water partition coefficient (Wildman–Crippen LogP) is 3.92. The van der Waals surface area contributed by atoms with E-state index in [1.54, 1.807) is 0 Å². The minimum atomic E-state index is -1.25. The lowest BCUT2D eigenvalue weighted by Gasteiger charge is -2.17. The fraction of sp³-hybridized carbons (Fsp3) is 0.273. The molecular formula is C11H15BrSi. The van der Waals surface area contributed by atoms with Gasteiger partial charge in [-0.15, -0.1) is 21.9 Å². The molecule has 0 aliphatic rings. The maximum absolute atomic E-state index is 3.85. The van der Waals surface area contributed by atoms with Crippen molar-refractivity contribution in [3.05, 3.63) is 48.6 Å². The second-order valence-corrected chi connectivity index (χ2v) is 12.9. The minimum absolute atomic E-state index is 1.13. The topological polar surface area (TPSA) is 0 Å². The highest BCUT2D eigenvalue weighted by atomic mass is 79.9. The number of hydrogen-bond acceptors (Lipinski definition) is 0. The van der Waals surface area contributed by atoms with E-state index in [4.69, 9.17) is 0 Å². The Balaban J connectivity index is 2.63. The van der Waals surface area contributed by atoms with Crippen molar-refractivity contribution in [3.8, 4) is 0 Å². The van der Waals surface area contributed by atoms with E-state index < -0.39 is 6.69 Å². The quantitative estimate of drug-likeness (QED) is 0.434. The second kappa shape index (κ2) is 4.77. The molecule has 0 fully saturated rings. The highest BCUT2D eigenvalue weighted by Gasteiger charge is 2.21. The molecule has 1 aromatic carbocycles. The molecule has 0 nitrogen and oxygen atoms in total. The maximum Gasteiger partial charge on any atom is 0.135 e. The molecule has 0 aromatic heterocycles. The van der Waals surface area contributed by atoms with Crippen molar-refractivity contribution < 1.29 is 0 Å². The van der Waals surface area contributed by atoms with Gasteiger partial charge in [0.05, 0.1) is 0 Å². The first-order chi connectivity index (χ1) is 6.14. The van der Waals surface area contributed by atoms with Crippen molar-refractivity contribution in [1.29, 1.82) is 0 Å². The first-order valence-corrected chi connectivity index (χ1v) is 9.65. The van der Waals surface area contributed by atoms with Crippen LogP contribution in [0.4, 0.5) is 0 Å². The van der Waals surface area contributed by atoms with Crippen LogP contribution in [0.25, 0.3) is 0 Å². The van der Waals surface area contributed by atoms with Gasteiger partial charge < -0.3 is 0 Å². The van der Waals surface area contributed by atoms with E-state index >= 15 is 0 Å². The zero-order valence-corrected chi connectivity index (χ0v) is 10.5. The lowest BCUT2D eigenvalue weighted by Crippen LogP contribution is -2.24. The van der Waals surface area contributed by atoms with Crippen LogP contribution in [-0.2, 0) is 6.04 Å². The summed E-state index contributed by atoms with van der Waals surface area (Å²) in [6, 6.07) is 12.9.